The van der Waals surface area contributed by atoms with Crippen molar-refractivity contribution in [3.05, 3.63) is 53.6 Å². The Kier molecular flexibility index (Phi) is 6.25. The minimum atomic E-state index is -0.241. The molecule has 0 bridgehead atoms. The number of carbonyl (C=O) groups excluding carboxylic acids is 1. The van der Waals surface area contributed by atoms with Crippen molar-refractivity contribution in [1.29, 1.82) is 0 Å². The highest BCUT2D eigenvalue weighted by Crippen LogP contribution is 2.41. The molecule has 0 saturated heterocycles. The predicted octanol–water partition coefficient (Wildman–Crippen LogP) is 4.26. The first kappa shape index (κ1) is 20.2. The maximum atomic E-state index is 12.4. The maximum absolute atomic E-state index is 12.4. The second kappa shape index (κ2) is 8.65. The lowest BCUT2D eigenvalue weighted by Gasteiger charge is -2.19. The molecule has 0 atom stereocenters. The first-order valence-corrected chi connectivity index (χ1v) is 9.95. The van der Waals surface area contributed by atoms with Gasteiger partial charge in [0.15, 0.2) is 18.1 Å². The maximum Gasteiger partial charge on any atom is 0.262 e. The molecule has 1 aliphatic rings. The average Bonchev–Trinajstić information content (AvgIpc) is 2.99. The van der Waals surface area contributed by atoms with Gasteiger partial charge in [0.1, 0.15) is 5.60 Å². The SMILES string of the molecule is CCN(CC)Cc1cccc(NC(=O)COc2cccc3c2OC(C)(C)C3)c1. The smallest absolute Gasteiger partial charge is 0.262 e. The van der Waals surface area contributed by atoms with Gasteiger partial charge < -0.3 is 14.8 Å². The summed E-state index contributed by atoms with van der Waals surface area (Å²) in [5.41, 5.74) is 2.84. The van der Waals surface area contributed by atoms with Crippen molar-refractivity contribution in [2.75, 3.05) is 25.0 Å². The van der Waals surface area contributed by atoms with Gasteiger partial charge in [-0.2, -0.15) is 0 Å². The molecule has 0 saturated carbocycles. The lowest BCUT2D eigenvalue weighted by molar-refractivity contribution is -0.118. The molecule has 1 heterocycles. The molecule has 0 unspecified atom stereocenters. The summed E-state index contributed by atoms with van der Waals surface area (Å²) >= 11 is 0. The Morgan fingerprint density at radius 2 is 1.93 bits per heavy atom. The largest absolute Gasteiger partial charge is 0.483 e. The molecule has 0 aliphatic carbocycles. The fourth-order valence-corrected chi connectivity index (χ4v) is 3.49. The molecule has 0 spiro atoms. The summed E-state index contributed by atoms with van der Waals surface area (Å²) in [7, 11) is 0. The Bertz CT molecular complexity index is 828. The number of nitrogens with zero attached hydrogens (tertiary/aromatic N) is 1. The van der Waals surface area contributed by atoms with Crippen molar-refractivity contribution in [2.45, 2.75) is 46.3 Å². The Labute approximate surface area is 167 Å². The van der Waals surface area contributed by atoms with Gasteiger partial charge in [-0.1, -0.05) is 38.1 Å². The number of hydrogen-bond acceptors (Lipinski definition) is 4. The van der Waals surface area contributed by atoms with Crippen molar-refractivity contribution < 1.29 is 14.3 Å². The van der Waals surface area contributed by atoms with Crippen LogP contribution in [0.5, 0.6) is 11.5 Å². The van der Waals surface area contributed by atoms with E-state index in [1.165, 1.54) is 5.56 Å². The number of ether oxygens (including phenoxy) is 2. The van der Waals surface area contributed by atoms with E-state index in [0.717, 1.165) is 43.1 Å². The molecule has 150 valence electrons. The first-order valence-electron chi connectivity index (χ1n) is 9.95. The number of amides is 1. The van der Waals surface area contributed by atoms with E-state index in [9.17, 15) is 4.79 Å². The lowest BCUT2D eigenvalue weighted by Crippen LogP contribution is -2.25. The van der Waals surface area contributed by atoms with Gasteiger partial charge in [0.25, 0.3) is 5.91 Å². The zero-order chi connectivity index (χ0) is 20.1. The van der Waals surface area contributed by atoms with Crippen LogP contribution in [0.4, 0.5) is 5.69 Å². The first-order chi connectivity index (χ1) is 13.4. The molecule has 1 aliphatic heterocycles. The number of benzene rings is 2. The van der Waals surface area contributed by atoms with Gasteiger partial charge in [-0.3, -0.25) is 9.69 Å². The van der Waals surface area contributed by atoms with E-state index in [1.807, 2.05) is 36.4 Å². The molecular weight excluding hydrogens is 352 g/mol. The van der Waals surface area contributed by atoms with E-state index < -0.39 is 0 Å². The molecule has 28 heavy (non-hydrogen) atoms. The monoisotopic (exact) mass is 382 g/mol. The van der Waals surface area contributed by atoms with Crippen LogP contribution in [0, 0.1) is 0 Å². The third-order valence-electron chi connectivity index (χ3n) is 4.93. The minimum Gasteiger partial charge on any atom is -0.483 e. The number of anilines is 1. The van der Waals surface area contributed by atoms with Crippen molar-refractivity contribution in [1.82, 2.24) is 4.90 Å². The van der Waals surface area contributed by atoms with Gasteiger partial charge >= 0.3 is 0 Å². The van der Waals surface area contributed by atoms with Gasteiger partial charge in [0.05, 0.1) is 0 Å². The Morgan fingerprint density at radius 1 is 1.18 bits per heavy atom. The van der Waals surface area contributed by atoms with Gasteiger partial charge in [0.2, 0.25) is 0 Å². The summed E-state index contributed by atoms with van der Waals surface area (Å²) in [4.78, 5) is 14.7. The number of rotatable bonds is 8. The standard InChI is InChI=1S/C23H30N2O3/c1-5-25(6-2)15-17-9-7-11-19(13-17)24-21(26)16-27-20-12-8-10-18-14-23(3,4)28-22(18)20/h7-13H,5-6,14-16H2,1-4H3,(H,24,26). The van der Waals surface area contributed by atoms with Crippen molar-refractivity contribution in [2.24, 2.45) is 0 Å². The molecule has 1 amide bonds. The zero-order valence-corrected chi connectivity index (χ0v) is 17.2. The fraction of sp³-hybridized carbons (Fsp3) is 0.435. The third-order valence-corrected chi connectivity index (χ3v) is 4.93. The van der Waals surface area contributed by atoms with Gasteiger partial charge in [-0.15, -0.1) is 0 Å². The van der Waals surface area contributed by atoms with Crippen LogP contribution in [0.25, 0.3) is 0 Å². The van der Waals surface area contributed by atoms with E-state index in [4.69, 9.17) is 9.47 Å². The van der Waals surface area contributed by atoms with Crippen molar-refractivity contribution in [3.63, 3.8) is 0 Å². The van der Waals surface area contributed by atoms with Crippen molar-refractivity contribution >= 4 is 11.6 Å². The quantitative estimate of drug-likeness (QED) is 0.741. The Balaban J connectivity index is 1.58. The molecule has 3 rings (SSSR count). The molecule has 1 N–H and O–H groups in total. The highest BCUT2D eigenvalue weighted by Gasteiger charge is 2.32. The second-order valence-corrected chi connectivity index (χ2v) is 7.78. The molecule has 0 radical (unpaired) electrons. The van der Waals surface area contributed by atoms with Crippen LogP contribution in [0.15, 0.2) is 42.5 Å². The normalized spacial score (nSPS) is 14.5. The topological polar surface area (TPSA) is 50.8 Å². The summed E-state index contributed by atoms with van der Waals surface area (Å²) in [6.07, 6.45) is 0.838. The van der Waals surface area contributed by atoms with Crippen LogP contribution >= 0.6 is 0 Å². The van der Waals surface area contributed by atoms with E-state index in [0.29, 0.717) is 5.75 Å². The number of carbonyl (C=O) groups is 1. The van der Waals surface area contributed by atoms with Crippen LogP contribution in [0.3, 0.4) is 0 Å². The van der Waals surface area contributed by atoms with Gasteiger partial charge in [0, 0.05) is 24.2 Å². The lowest BCUT2D eigenvalue weighted by atomic mass is 10.0. The summed E-state index contributed by atoms with van der Waals surface area (Å²) < 4.78 is 11.7. The van der Waals surface area contributed by atoms with Crippen molar-refractivity contribution in [3.8, 4) is 11.5 Å². The summed E-state index contributed by atoms with van der Waals surface area (Å²) in [6, 6.07) is 13.8. The fourth-order valence-electron chi connectivity index (χ4n) is 3.49. The highest BCUT2D eigenvalue weighted by molar-refractivity contribution is 5.92. The third kappa shape index (κ3) is 5.04. The van der Waals surface area contributed by atoms with E-state index in [2.05, 4.69) is 44.0 Å². The summed E-state index contributed by atoms with van der Waals surface area (Å²) in [5.74, 6) is 1.19. The highest BCUT2D eigenvalue weighted by atomic mass is 16.5. The number of nitrogens with one attached hydrogen (secondary N) is 1. The second-order valence-electron chi connectivity index (χ2n) is 7.78. The predicted molar refractivity (Wildman–Crippen MR) is 112 cm³/mol. The van der Waals surface area contributed by atoms with Gasteiger partial charge in [-0.25, -0.2) is 0 Å². The number of para-hydroxylation sites is 1. The van der Waals surface area contributed by atoms with E-state index in [-0.39, 0.29) is 18.1 Å². The Hall–Kier alpha value is -2.53. The zero-order valence-electron chi connectivity index (χ0n) is 17.2. The molecule has 5 nitrogen and oxygen atoms in total. The minimum absolute atomic E-state index is 0.0550. The Morgan fingerprint density at radius 3 is 2.68 bits per heavy atom. The number of hydrogen-bond donors (Lipinski definition) is 1. The van der Waals surface area contributed by atoms with Crippen LogP contribution < -0.4 is 14.8 Å². The van der Waals surface area contributed by atoms with Gasteiger partial charge in [-0.05, 0) is 50.7 Å². The summed E-state index contributed by atoms with van der Waals surface area (Å²) in [5, 5.41) is 2.92. The van der Waals surface area contributed by atoms with E-state index in [1.54, 1.807) is 0 Å². The molecule has 2 aromatic rings. The molecule has 0 fully saturated rings. The molecule has 2 aromatic carbocycles. The molecular formula is C23H30N2O3. The van der Waals surface area contributed by atoms with E-state index >= 15 is 0 Å². The van der Waals surface area contributed by atoms with Crippen LogP contribution in [0.2, 0.25) is 0 Å². The van der Waals surface area contributed by atoms with Crippen LogP contribution in [0.1, 0.15) is 38.8 Å². The van der Waals surface area contributed by atoms with Crippen LogP contribution in [-0.2, 0) is 17.8 Å². The number of fused-ring (bicyclic) bond motifs is 1. The molecule has 5 heteroatoms. The average molecular weight is 383 g/mol. The summed E-state index contributed by atoms with van der Waals surface area (Å²) in [6.45, 7) is 11.2. The van der Waals surface area contributed by atoms with Crippen LogP contribution in [-0.4, -0.2) is 36.1 Å². The molecule has 0 aromatic heterocycles.